The van der Waals surface area contributed by atoms with Gasteiger partial charge < -0.3 is 10.5 Å². The molecule has 0 amide bonds. The molecule has 2 rings (SSSR count). The van der Waals surface area contributed by atoms with Crippen LogP contribution < -0.4 is 5.73 Å². The Bertz CT molecular complexity index is 394. The number of nitriles is 1. The molecule has 0 bridgehead atoms. The average Bonchev–Trinajstić information content (AvgIpc) is 2.38. The Kier molecular flexibility index (Phi) is 4.13. The largest absolute Gasteiger partial charge is 0.372 e. The van der Waals surface area contributed by atoms with Gasteiger partial charge in [-0.2, -0.15) is 5.26 Å². The third-order valence-electron chi connectivity index (χ3n) is 3.30. The number of benzene rings is 1. The van der Waals surface area contributed by atoms with Gasteiger partial charge in [-0.25, -0.2) is 0 Å². The second kappa shape index (κ2) is 5.81. The van der Waals surface area contributed by atoms with Crippen molar-refractivity contribution in [3.8, 4) is 6.07 Å². The van der Waals surface area contributed by atoms with Gasteiger partial charge in [-0.05, 0) is 30.5 Å². The maximum absolute atomic E-state index is 8.70. The van der Waals surface area contributed by atoms with E-state index in [1.165, 1.54) is 12.8 Å². The number of nitrogens with two attached hydrogens (primary N) is 1. The van der Waals surface area contributed by atoms with Crippen LogP contribution in [0.3, 0.4) is 0 Å². The third-order valence-corrected chi connectivity index (χ3v) is 3.30. The highest BCUT2D eigenvalue weighted by molar-refractivity contribution is 5.31. The molecule has 3 heteroatoms. The van der Waals surface area contributed by atoms with Gasteiger partial charge in [-0.3, -0.25) is 0 Å². The molecule has 1 saturated carbocycles. The summed E-state index contributed by atoms with van der Waals surface area (Å²) in [5, 5.41) is 8.70. The fraction of sp³-hybridized carbons (Fsp3) is 0.500. The van der Waals surface area contributed by atoms with E-state index in [0.29, 0.717) is 12.2 Å². The Hall–Kier alpha value is -1.37. The van der Waals surface area contributed by atoms with Gasteiger partial charge >= 0.3 is 0 Å². The molecule has 17 heavy (non-hydrogen) atoms. The van der Waals surface area contributed by atoms with Gasteiger partial charge in [0.1, 0.15) is 0 Å². The minimum Gasteiger partial charge on any atom is -0.372 e. The predicted molar refractivity (Wildman–Crippen MR) is 66.2 cm³/mol. The Morgan fingerprint density at radius 2 is 1.94 bits per heavy atom. The summed E-state index contributed by atoms with van der Waals surface area (Å²) >= 11 is 0. The molecule has 1 aliphatic carbocycles. The SMILES string of the molecule is N#Cc1ccc(COC2CCCCC2N)cc1. The molecule has 1 fully saturated rings. The number of nitrogens with zero attached hydrogens (tertiary/aromatic N) is 1. The first kappa shape index (κ1) is 12.1. The van der Waals surface area contributed by atoms with E-state index in [2.05, 4.69) is 6.07 Å². The minimum atomic E-state index is 0.183. The predicted octanol–water partition coefficient (Wildman–Crippen LogP) is 2.34. The van der Waals surface area contributed by atoms with Crippen LogP contribution in [-0.4, -0.2) is 12.1 Å². The van der Waals surface area contributed by atoms with E-state index in [1.54, 1.807) is 0 Å². The van der Waals surface area contributed by atoms with Gasteiger partial charge in [0.2, 0.25) is 0 Å². The number of hydrogen-bond donors (Lipinski definition) is 1. The third kappa shape index (κ3) is 3.29. The van der Waals surface area contributed by atoms with E-state index in [0.717, 1.165) is 18.4 Å². The highest BCUT2D eigenvalue weighted by Gasteiger charge is 2.22. The van der Waals surface area contributed by atoms with Crippen LogP contribution >= 0.6 is 0 Å². The van der Waals surface area contributed by atoms with E-state index >= 15 is 0 Å². The van der Waals surface area contributed by atoms with Crippen molar-refractivity contribution in [2.75, 3.05) is 0 Å². The van der Waals surface area contributed by atoms with Crippen LogP contribution in [0.15, 0.2) is 24.3 Å². The van der Waals surface area contributed by atoms with Crippen molar-refractivity contribution in [2.45, 2.75) is 44.4 Å². The second-order valence-electron chi connectivity index (χ2n) is 4.61. The number of rotatable bonds is 3. The maximum atomic E-state index is 8.70. The first-order valence-corrected chi connectivity index (χ1v) is 6.16. The average molecular weight is 230 g/mol. The molecule has 3 nitrogen and oxygen atoms in total. The number of ether oxygens (including phenoxy) is 1. The van der Waals surface area contributed by atoms with Crippen molar-refractivity contribution in [1.29, 1.82) is 5.26 Å². The van der Waals surface area contributed by atoms with Gasteiger partial charge in [0.15, 0.2) is 0 Å². The lowest BCUT2D eigenvalue weighted by atomic mass is 9.93. The summed E-state index contributed by atoms with van der Waals surface area (Å²) in [5.41, 5.74) is 7.80. The molecule has 0 aliphatic heterocycles. The van der Waals surface area contributed by atoms with E-state index in [-0.39, 0.29) is 12.1 Å². The Balaban J connectivity index is 1.86. The number of hydrogen-bond acceptors (Lipinski definition) is 3. The van der Waals surface area contributed by atoms with Gasteiger partial charge in [-0.1, -0.05) is 25.0 Å². The molecule has 2 N–H and O–H groups in total. The Morgan fingerprint density at radius 1 is 1.24 bits per heavy atom. The quantitative estimate of drug-likeness (QED) is 0.867. The van der Waals surface area contributed by atoms with Crippen LogP contribution in [-0.2, 0) is 11.3 Å². The van der Waals surface area contributed by atoms with E-state index in [4.69, 9.17) is 15.7 Å². The lowest BCUT2D eigenvalue weighted by Gasteiger charge is -2.28. The topological polar surface area (TPSA) is 59.0 Å². The minimum absolute atomic E-state index is 0.183. The van der Waals surface area contributed by atoms with Crippen molar-refractivity contribution in [2.24, 2.45) is 5.73 Å². The van der Waals surface area contributed by atoms with Crippen molar-refractivity contribution < 1.29 is 4.74 Å². The zero-order valence-corrected chi connectivity index (χ0v) is 9.93. The molecule has 1 aromatic rings. The van der Waals surface area contributed by atoms with Crippen LogP contribution in [0, 0.1) is 11.3 Å². The van der Waals surface area contributed by atoms with Gasteiger partial charge in [-0.15, -0.1) is 0 Å². The van der Waals surface area contributed by atoms with Crippen LogP contribution in [0.1, 0.15) is 36.8 Å². The molecule has 2 atom stereocenters. The van der Waals surface area contributed by atoms with Gasteiger partial charge in [0, 0.05) is 6.04 Å². The fourth-order valence-corrected chi connectivity index (χ4v) is 2.21. The van der Waals surface area contributed by atoms with Crippen molar-refractivity contribution in [1.82, 2.24) is 0 Å². The van der Waals surface area contributed by atoms with Crippen LogP contribution in [0.4, 0.5) is 0 Å². The molecule has 0 heterocycles. The molecular weight excluding hydrogens is 212 g/mol. The summed E-state index contributed by atoms with van der Waals surface area (Å²) in [4.78, 5) is 0. The molecule has 1 aliphatic rings. The van der Waals surface area contributed by atoms with Crippen molar-refractivity contribution >= 4 is 0 Å². The van der Waals surface area contributed by atoms with E-state index in [9.17, 15) is 0 Å². The van der Waals surface area contributed by atoms with E-state index in [1.807, 2.05) is 24.3 Å². The van der Waals surface area contributed by atoms with Crippen LogP contribution in [0.25, 0.3) is 0 Å². The van der Waals surface area contributed by atoms with Crippen LogP contribution in [0.5, 0.6) is 0 Å². The smallest absolute Gasteiger partial charge is 0.0991 e. The molecule has 0 spiro atoms. The van der Waals surface area contributed by atoms with Crippen LogP contribution in [0.2, 0.25) is 0 Å². The molecular formula is C14H18N2O. The van der Waals surface area contributed by atoms with Crippen molar-refractivity contribution in [3.63, 3.8) is 0 Å². The summed E-state index contributed by atoms with van der Waals surface area (Å²) in [7, 11) is 0. The van der Waals surface area contributed by atoms with Gasteiger partial charge in [0.05, 0.1) is 24.3 Å². The normalized spacial score (nSPS) is 24.2. The summed E-state index contributed by atoms with van der Waals surface area (Å²) in [6.07, 6.45) is 4.76. The Morgan fingerprint density at radius 3 is 2.59 bits per heavy atom. The summed E-state index contributed by atoms with van der Waals surface area (Å²) in [6, 6.07) is 9.80. The fourth-order valence-electron chi connectivity index (χ4n) is 2.21. The standard InChI is InChI=1S/C14H18N2O/c15-9-11-5-7-12(8-6-11)10-17-14-4-2-1-3-13(14)16/h5-8,13-14H,1-4,10,16H2. The van der Waals surface area contributed by atoms with Gasteiger partial charge in [0.25, 0.3) is 0 Å². The maximum Gasteiger partial charge on any atom is 0.0991 e. The molecule has 0 saturated heterocycles. The highest BCUT2D eigenvalue weighted by Crippen LogP contribution is 2.20. The monoisotopic (exact) mass is 230 g/mol. The zero-order valence-electron chi connectivity index (χ0n) is 9.93. The lowest BCUT2D eigenvalue weighted by molar-refractivity contribution is 0.00404. The first-order valence-electron chi connectivity index (χ1n) is 6.16. The summed E-state index contributed by atoms with van der Waals surface area (Å²) in [5.74, 6) is 0. The summed E-state index contributed by atoms with van der Waals surface area (Å²) in [6.45, 7) is 0.587. The molecule has 0 aromatic heterocycles. The highest BCUT2D eigenvalue weighted by atomic mass is 16.5. The Labute approximate surface area is 102 Å². The lowest BCUT2D eigenvalue weighted by Crippen LogP contribution is -2.39. The first-order chi connectivity index (χ1) is 8.29. The molecule has 0 radical (unpaired) electrons. The van der Waals surface area contributed by atoms with E-state index < -0.39 is 0 Å². The molecule has 1 aromatic carbocycles. The molecule has 2 unspecified atom stereocenters. The zero-order chi connectivity index (χ0) is 12.1. The summed E-state index contributed by atoms with van der Waals surface area (Å²) < 4.78 is 5.85. The molecule has 90 valence electrons. The second-order valence-corrected chi connectivity index (χ2v) is 4.61. The van der Waals surface area contributed by atoms with Crippen molar-refractivity contribution in [3.05, 3.63) is 35.4 Å².